The Balaban J connectivity index is 1.67. The van der Waals surface area contributed by atoms with Gasteiger partial charge < -0.3 is 10.2 Å². The molecule has 2 atom stereocenters. The predicted octanol–water partition coefficient (Wildman–Crippen LogP) is 2.99. The van der Waals surface area contributed by atoms with Gasteiger partial charge in [0, 0.05) is 44.6 Å². The summed E-state index contributed by atoms with van der Waals surface area (Å²) in [6.07, 6.45) is 0. The zero-order chi connectivity index (χ0) is 16.9. The summed E-state index contributed by atoms with van der Waals surface area (Å²) in [7, 11) is 4.29. The quantitative estimate of drug-likeness (QED) is 0.848. The van der Waals surface area contributed by atoms with Crippen LogP contribution in [0, 0.1) is 0 Å². The van der Waals surface area contributed by atoms with Crippen molar-refractivity contribution in [2.24, 2.45) is 0 Å². The first-order valence-electron chi connectivity index (χ1n) is 8.30. The number of nitrogens with zero attached hydrogens (tertiary/aromatic N) is 2. The molecule has 1 aliphatic rings. The number of benzene rings is 2. The summed E-state index contributed by atoms with van der Waals surface area (Å²) in [6.45, 7) is 3.63. The van der Waals surface area contributed by atoms with Gasteiger partial charge in [-0.15, -0.1) is 0 Å². The average Bonchev–Trinajstić information content (AvgIpc) is 2.63. The smallest absolute Gasteiger partial charge is 0.169 e. The summed E-state index contributed by atoms with van der Waals surface area (Å²) in [5, 5.41) is 3.14. The number of hydrogen-bond donors (Lipinski definition) is 1. The maximum Gasteiger partial charge on any atom is 0.169 e. The van der Waals surface area contributed by atoms with Crippen LogP contribution in [0.3, 0.4) is 0 Å². The Morgan fingerprint density at radius 1 is 1.00 bits per heavy atom. The van der Waals surface area contributed by atoms with Crippen molar-refractivity contribution in [3.63, 3.8) is 0 Å². The topological polar surface area (TPSA) is 35.6 Å². The van der Waals surface area contributed by atoms with Gasteiger partial charge >= 0.3 is 0 Å². The van der Waals surface area contributed by atoms with E-state index in [1.54, 1.807) is 0 Å². The van der Waals surface area contributed by atoms with Gasteiger partial charge in [-0.05, 0) is 29.8 Å². The van der Waals surface area contributed by atoms with Crippen LogP contribution in [0.1, 0.15) is 11.6 Å². The molecule has 0 saturated carbocycles. The van der Waals surface area contributed by atoms with Gasteiger partial charge in [0.1, 0.15) is 0 Å². The van der Waals surface area contributed by atoms with Crippen LogP contribution in [0.4, 0.5) is 11.4 Å². The van der Waals surface area contributed by atoms with E-state index in [1.165, 1.54) is 5.69 Å². The second-order valence-corrected chi connectivity index (χ2v) is 6.60. The highest BCUT2D eigenvalue weighted by atomic mass is 31.0. The predicted molar refractivity (Wildman–Crippen MR) is 104 cm³/mol. The van der Waals surface area contributed by atoms with Crippen LogP contribution in [-0.4, -0.2) is 43.7 Å². The molecule has 1 aliphatic heterocycles. The van der Waals surface area contributed by atoms with E-state index in [1.807, 2.05) is 37.4 Å². The molecular weight excluding hydrogens is 317 g/mol. The van der Waals surface area contributed by atoms with Crippen molar-refractivity contribution in [2.75, 3.05) is 43.4 Å². The standard InChI is InChI=1S/C19H24N3OP/c1-20-16-7-9-17(10-8-16)21-11-13-22(14-12-21)18(19(23)24)15-5-3-2-4-6-15/h2-10,18,20H,11-14,24H2,1H3. The van der Waals surface area contributed by atoms with Crippen LogP contribution in [0.2, 0.25) is 0 Å². The monoisotopic (exact) mass is 341 g/mol. The first kappa shape index (κ1) is 16.9. The van der Waals surface area contributed by atoms with Crippen LogP contribution in [-0.2, 0) is 4.79 Å². The van der Waals surface area contributed by atoms with E-state index in [0.717, 1.165) is 37.4 Å². The fourth-order valence-electron chi connectivity index (χ4n) is 3.27. The minimum absolute atomic E-state index is 0.132. The van der Waals surface area contributed by atoms with Gasteiger partial charge in [0.2, 0.25) is 0 Å². The Bertz CT molecular complexity index is 667. The molecule has 2 aromatic carbocycles. The van der Waals surface area contributed by atoms with Crippen LogP contribution < -0.4 is 10.2 Å². The number of rotatable bonds is 5. The maximum atomic E-state index is 12.2. The van der Waals surface area contributed by atoms with Crippen LogP contribution in [0.15, 0.2) is 54.6 Å². The van der Waals surface area contributed by atoms with Crippen molar-refractivity contribution in [3.05, 3.63) is 60.2 Å². The fraction of sp³-hybridized carbons (Fsp3) is 0.316. The molecular formula is C19H24N3OP. The molecule has 1 heterocycles. The Kier molecular flexibility index (Phi) is 5.49. The molecule has 0 bridgehead atoms. The zero-order valence-electron chi connectivity index (χ0n) is 14.0. The van der Waals surface area contributed by atoms with Gasteiger partial charge in [0.25, 0.3) is 0 Å². The van der Waals surface area contributed by atoms with Crippen molar-refractivity contribution >= 4 is 26.1 Å². The van der Waals surface area contributed by atoms with E-state index in [0.29, 0.717) is 0 Å². The Hall–Kier alpha value is -1.90. The third kappa shape index (κ3) is 3.77. The number of nitrogens with one attached hydrogen (secondary N) is 1. The van der Waals surface area contributed by atoms with Crippen molar-refractivity contribution in [2.45, 2.75) is 6.04 Å². The van der Waals surface area contributed by atoms with Gasteiger partial charge in [0.05, 0.1) is 6.04 Å². The summed E-state index contributed by atoms with van der Waals surface area (Å²) < 4.78 is 0. The Morgan fingerprint density at radius 3 is 2.17 bits per heavy atom. The normalized spacial score (nSPS) is 16.7. The molecule has 1 fully saturated rings. The van der Waals surface area contributed by atoms with E-state index >= 15 is 0 Å². The molecule has 0 spiro atoms. The van der Waals surface area contributed by atoms with Gasteiger partial charge in [-0.25, -0.2) is 0 Å². The molecule has 24 heavy (non-hydrogen) atoms. The highest BCUT2D eigenvalue weighted by molar-refractivity contribution is 7.40. The lowest BCUT2D eigenvalue weighted by Gasteiger charge is -2.39. The lowest BCUT2D eigenvalue weighted by molar-refractivity contribution is -0.116. The molecule has 0 amide bonds. The van der Waals surface area contributed by atoms with Gasteiger partial charge in [-0.2, -0.15) is 0 Å². The summed E-state index contributed by atoms with van der Waals surface area (Å²) >= 11 is 0. The van der Waals surface area contributed by atoms with E-state index in [4.69, 9.17) is 0 Å². The number of hydrogen-bond acceptors (Lipinski definition) is 4. The number of carbonyl (C=O) groups excluding carboxylic acids is 1. The highest BCUT2D eigenvalue weighted by Gasteiger charge is 2.28. The number of carbonyl (C=O) groups is 1. The number of anilines is 2. The Morgan fingerprint density at radius 2 is 1.62 bits per heavy atom. The van der Waals surface area contributed by atoms with Crippen LogP contribution in [0.25, 0.3) is 0 Å². The van der Waals surface area contributed by atoms with E-state index in [2.05, 4.69) is 48.6 Å². The van der Waals surface area contributed by atoms with Crippen molar-refractivity contribution in [1.29, 1.82) is 0 Å². The first-order chi connectivity index (χ1) is 11.7. The minimum atomic E-state index is -0.162. The Labute approximate surface area is 146 Å². The highest BCUT2D eigenvalue weighted by Crippen LogP contribution is 2.27. The van der Waals surface area contributed by atoms with E-state index in [-0.39, 0.29) is 11.6 Å². The largest absolute Gasteiger partial charge is 0.388 e. The lowest BCUT2D eigenvalue weighted by Crippen LogP contribution is -2.48. The summed E-state index contributed by atoms with van der Waals surface area (Å²) in [6, 6.07) is 18.4. The summed E-state index contributed by atoms with van der Waals surface area (Å²) in [5.41, 5.74) is 3.56. The SMILES string of the molecule is CNc1ccc(N2CCN(C(C(=O)P)c3ccccc3)CC2)cc1. The molecule has 3 rings (SSSR count). The first-order valence-corrected chi connectivity index (χ1v) is 8.88. The van der Waals surface area contributed by atoms with Gasteiger partial charge in [-0.1, -0.05) is 39.6 Å². The minimum Gasteiger partial charge on any atom is -0.388 e. The molecule has 2 aromatic rings. The molecule has 5 heteroatoms. The average molecular weight is 341 g/mol. The molecule has 0 radical (unpaired) electrons. The maximum absolute atomic E-state index is 12.2. The van der Waals surface area contributed by atoms with Gasteiger partial charge in [-0.3, -0.25) is 9.69 Å². The molecule has 4 nitrogen and oxygen atoms in total. The van der Waals surface area contributed by atoms with Gasteiger partial charge in [0.15, 0.2) is 5.52 Å². The third-order valence-corrected chi connectivity index (χ3v) is 4.90. The zero-order valence-corrected chi connectivity index (χ0v) is 15.1. The van der Waals surface area contributed by atoms with Crippen LogP contribution in [0.5, 0.6) is 0 Å². The van der Waals surface area contributed by atoms with E-state index in [9.17, 15) is 4.79 Å². The van der Waals surface area contributed by atoms with Crippen molar-refractivity contribution in [3.8, 4) is 0 Å². The second kappa shape index (κ2) is 7.78. The van der Waals surface area contributed by atoms with Crippen LogP contribution >= 0.6 is 9.24 Å². The summed E-state index contributed by atoms with van der Waals surface area (Å²) in [4.78, 5) is 16.8. The molecule has 1 N–H and O–H groups in total. The number of piperazine rings is 1. The molecule has 0 aromatic heterocycles. The van der Waals surface area contributed by atoms with E-state index < -0.39 is 0 Å². The molecule has 126 valence electrons. The second-order valence-electron chi connectivity index (χ2n) is 6.04. The molecule has 2 unspecified atom stereocenters. The lowest BCUT2D eigenvalue weighted by atomic mass is 10.1. The fourth-order valence-corrected chi connectivity index (χ4v) is 3.67. The van der Waals surface area contributed by atoms with Crippen molar-refractivity contribution in [1.82, 2.24) is 4.90 Å². The molecule has 1 saturated heterocycles. The summed E-state index contributed by atoms with van der Waals surface area (Å²) in [5.74, 6) is 0. The van der Waals surface area contributed by atoms with Crippen molar-refractivity contribution < 1.29 is 4.79 Å². The third-order valence-electron chi connectivity index (χ3n) is 4.59. The molecule has 0 aliphatic carbocycles.